The van der Waals surface area contributed by atoms with Gasteiger partial charge in [-0.25, -0.2) is 0 Å². The maximum absolute atomic E-state index is 11.6. The van der Waals surface area contributed by atoms with Gasteiger partial charge in [-0.15, -0.1) is 0 Å². The molecule has 0 unspecified atom stereocenters. The summed E-state index contributed by atoms with van der Waals surface area (Å²) in [6, 6.07) is 10.2. The molecular formula is C19H15N3O6. The normalized spacial score (nSPS) is 17.2. The van der Waals surface area contributed by atoms with Crippen molar-refractivity contribution in [2.24, 2.45) is 5.73 Å². The van der Waals surface area contributed by atoms with E-state index in [2.05, 4.69) is 6.07 Å². The number of rotatable bonds is 3. The number of benzene rings is 2. The summed E-state index contributed by atoms with van der Waals surface area (Å²) in [5.74, 6) is 0.586. The van der Waals surface area contributed by atoms with E-state index in [4.69, 9.17) is 24.7 Å². The van der Waals surface area contributed by atoms with Crippen LogP contribution in [0.5, 0.6) is 23.0 Å². The number of nitriles is 1. The number of ether oxygens (including phenoxy) is 4. The third-order valence-electron chi connectivity index (χ3n) is 4.60. The Bertz CT molecular complexity index is 1060. The van der Waals surface area contributed by atoms with Gasteiger partial charge in [-0.2, -0.15) is 5.26 Å². The molecule has 4 rings (SSSR count). The van der Waals surface area contributed by atoms with Crippen molar-refractivity contribution in [1.82, 2.24) is 0 Å². The van der Waals surface area contributed by atoms with E-state index in [1.165, 1.54) is 13.2 Å². The van der Waals surface area contributed by atoms with Crippen LogP contribution in [0.1, 0.15) is 17.0 Å². The molecule has 28 heavy (non-hydrogen) atoms. The van der Waals surface area contributed by atoms with Crippen LogP contribution in [0.2, 0.25) is 0 Å². The predicted octanol–water partition coefficient (Wildman–Crippen LogP) is 2.59. The van der Waals surface area contributed by atoms with Gasteiger partial charge in [0.15, 0.2) is 5.75 Å². The number of nitrogens with two attached hydrogens (primary N) is 1. The summed E-state index contributed by atoms with van der Waals surface area (Å²) in [6.07, 6.45) is 0. The van der Waals surface area contributed by atoms with Crippen molar-refractivity contribution in [3.63, 3.8) is 0 Å². The molecule has 2 aliphatic rings. The average molecular weight is 381 g/mol. The van der Waals surface area contributed by atoms with Crippen molar-refractivity contribution in [3.8, 4) is 29.1 Å². The summed E-state index contributed by atoms with van der Waals surface area (Å²) in [6.45, 7) is 0.502. The first kappa shape index (κ1) is 17.5. The lowest BCUT2D eigenvalue weighted by Gasteiger charge is -2.27. The van der Waals surface area contributed by atoms with Crippen LogP contribution in [-0.2, 0) is 0 Å². The molecule has 0 radical (unpaired) electrons. The molecule has 0 fully saturated rings. The van der Waals surface area contributed by atoms with Crippen LogP contribution in [-0.4, -0.2) is 25.2 Å². The summed E-state index contributed by atoms with van der Waals surface area (Å²) < 4.78 is 21.8. The minimum absolute atomic E-state index is 0.0641. The van der Waals surface area contributed by atoms with Gasteiger partial charge in [0, 0.05) is 17.7 Å². The van der Waals surface area contributed by atoms with Crippen LogP contribution in [0.15, 0.2) is 41.8 Å². The number of fused-ring (bicyclic) bond motifs is 2. The van der Waals surface area contributed by atoms with Crippen molar-refractivity contribution in [2.45, 2.75) is 5.92 Å². The number of nitro groups is 1. The lowest BCUT2D eigenvalue weighted by molar-refractivity contribution is -0.386. The zero-order chi connectivity index (χ0) is 19.8. The quantitative estimate of drug-likeness (QED) is 0.634. The van der Waals surface area contributed by atoms with Gasteiger partial charge in [0.2, 0.25) is 11.6 Å². The highest BCUT2D eigenvalue weighted by molar-refractivity contribution is 5.64. The Morgan fingerprint density at radius 1 is 1.25 bits per heavy atom. The summed E-state index contributed by atoms with van der Waals surface area (Å²) in [5.41, 5.74) is 7.00. The summed E-state index contributed by atoms with van der Waals surface area (Å²) in [7, 11) is 1.52. The van der Waals surface area contributed by atoms with Crippen LogP contribution in [0.25, 0.3) is 0 Å². The molecule has 0 saturated carbocycles. The van der Waals surface area contributed by atoms with Crippen LogP contribution in [0.4, 0.5) is 5.69 Å². The molecule has 2 aromatic carbocycles. The second kappa shape index (κ2) is 6.66. The Hall–Kier alpha value is -3.93. The Balaban J connectivity index is 1.94. The van der Waals surface area contributed by atoms with E-state index in [1.54, 1.807) is 24.3 Å². The first-order chi connectivity index (χ1) is 13.5. The SMILES string of the molecule is COc1ccc2c(c1)OC(N)=C(C#N)[C@H]2c1cc2c(c([N+](=O)[O-])c1)OCCO2. The molecular weight excluding hydrogens is 366 g/mol. The zero-order valence-corrected chi connectivity index (χ0v) is 14.8. The highest BCUT2D eigenvalue weighted by atomic mass is 16.6. The van der Waals surface area contributed by atoms with Gasteiger partial charge >= 0.3 is 5.69 Å². The summed E-state index contributed by atoms with van der Waals surface area (Å²) in [4.78, 5) is 11.0. The molecule has 142 valence electrons. The molecule has 0 saturated heterocycles. The molecule has 0 bridgehead atoms. The van der Waals surface area contributed by atoms with E-state index in [9.17, 15) is 15.4 Å². The average Bonchev–Trinajstić information content (AvgIpc) is 2.71. The molecule has 0 aliphatic carbocycles. The summed E-state index contributed by atoms with van der Waals surface area (Å²) in [5, 5.41) is 21.2. The van der Waals surface area contributed by atoms with Crippen molar-refractivity contribution in [2.75, 3.05) is 20.3 Å². The molecule has 2 heterocycles. The fourth-order valence-electron chi connectivity index (χ4n) is 3.36. The number of hydrogen-bond acceptors (Lipinski definition) is 8. The number of hydrogen-bond donors (Lipinski definition) is 1. The lowest BCUT2D eigenvalue weighted by Crippen LogP contribution is -2.22. The number of nitrogens with zero attached hydrogens (tertiary/aromatic N) is 2. The van der Waals surface area contributed by atoms with Gasteiger partial charge in [0.25, 0.3) is 0 Å². The summed E-state index contributed by atoms with van der Waals surface area (Å²) >= 11 is 0. The monoisotopic (exact) mass is 381 g/mol. The second-order valence-corrected chi connectivity index (χ2v) is 6.15. The Labute approximate surface area is 159 Å². The Kier molecular flexibility index (Phi) is 4.16. The molecule has 9 heteroatoms. The number of nitro benzene ring substituents is 1. The van der Waals surface area contributed by atoms with Gasteiger partial charge in [-0.3, -0.25) is 10.1 Å². The van der Waals surface area contributed by atoms with E-state index < -0.39 is 10.8 Å². The largest absolute Gasteiger partial charge is 0.497 e. The third-order valence-corrected chi connectivity index (χ3v) is 4.60. The van der Waals surface area contributed by atoms with Gasteiger partial charge in [0.05, 0.1) is 18.0 Å². The first-order valence-corrected chi connectivity index (χ1v) is 8.37. The maximum Gasteiger partial charge on any atom is 0.315 e. The van der Waals surface area contributed by atoms with Gasteiger partial charge in [-0.05, 0) is 17.7 Å². The van der Waals surface area contributed by atoms with Gasteiger partial charge in [0.1, 0.15) is 36.4 Å². The smallest absolute Gasteiger partial charge is 0.315 e. The Morgan fingerprint density at radius 2 is 2.04 bits per heavy atom. The number of allylic oxidation sites excluding steroid dienone is 1. The molecule has 9 nitrogen and oxygen atoms in total. The molecule has 2 aliphatic heterocycles. The van der Waals surface area contributed by atoms with Crippen molar-refractivity contribution < 1.29 is 23.9 Å². The third kappa shape index (κ3) is 2.72. The van der Waals surface area contributed by atoms with Crippen LogP contribution in [0.3, 0.4) is 0 Å². The van der Waals surface area contributed by atoms with Crippen molar-refractivity contribution in [1.29, 1.82) is 5.26 Å². The highest BCUT2D eigenvalue weighted by Crippen LogP contribution is 2.48. The van der Waals surface area contributed by atoms with Gasteiger partial charge in [-0.1, -0.05) is 6.07 Å². The molecule has 0 aromatic heterocycles. The zero-order valence-electron chi connectivity index (χ0n) is 14.8. The standard InChI is InChI=1S/C19H15N3O6/c1-25-11-2-3-12-15(8-11)28-19(21)13(9-20)17(12)10-6-14(22(23)24)18-16(7-10)26-4-5-27-18/h2-3,6-8,17H,4-5,21H2,1H3/t17-/m0/s1. The van der Waals surface area contributed by atoms with Crippen LogP contribution in [0, 0.1) is 21.4 Å². The van der Waals surface area contributed by atoms with E-state index in [0.29, 0.717) is 22.6 Å². The highest BCUT2D eigenvalue weighted by Gasteiger charge is 2.34. The minimum atomic E-state index is -0.658. The van der Waals surface area contributed by atoms with E-state index in [-0.39, 0.29) is 41.9 Å². The van der Waals surface area contributed by atoms with Crippen LogP contribution >= 0.6 is 0 Å². The van der Waals surface area contributed by atoms with E-state index in [1.807, 2.05) is 0 Å². The predicted molar refractivity (Wildman–Crippen MR) is 96.4 cm³/mol. The van der Waals surface area contributed by atoms with Crippen molar-refractivity contribution in [3.05, 3.63) is 63.0 Å². The molecule has 0 spiro atoms. The fourth-order valence-corrected chi connectivity index (χ4v) is 3.36. The topological polar surface area (TPSA) is 130 Å². The van der Waals surface area contributed by atoms with E-state index >= 15 is 0 Å². The molecule has 2 N–H and O–H groups in total. The fraction of sp³-hybridized carbons (Fsp3) is 0.211. The second-order valence-electron chi connectivity index (χ2n) is 6.15. The first-order valence-electron chi connectivity index (χ1n) is 8.37. The van der Waals surface area contributed by atoms with Gasteiger partial charge < -0.3 is 24.7 Å². The molecule has 0 amide bonds. The molecule has 1 atom stereocenters. The Morgan fingerprint density at radius 3 is 2.75 bits per heavy atom. The lowest BCUT2D eigenvalue weighted by atomic mass is 9.83. The van der Waals surface area contributed by atoms with Crippen molar-refractivity contribution >= 4 is 5.69 Å². The minimum Gasteiger partial charge on any atom is -0.497 e. The number of methoxy groups -OCH3 is 1. The maximum atomic E-state index is 11.6. The van der Waals surface area contributed by atoms with E-state index in [0.717, 1.165) is 0 Å². The van der Waals surface area contributed by atoms with Crippen LogP contribution < -0.4 is 24.7 Å². The molecule has 2 aromatic rings.